The van der Waals surface area contributed by atoms with Crippen LogP contribution in [-0.2, 0) is 0 Å². The minimum atomic E-state index is -4.89. The number of benzene rings is 2. The summed E-state index contributed by atoms with van der Waals surface area (Å²) in [5.41, 5.74) is 0.518. The molecule has 3 rings (SSSR count). The third kappa shape index (κ3) is 2.75. The van der Waals surface area contributed by atoms with Crippen molar-refractivity contribution >= 4 is 29.1 Å². The van der Waals surface area contributed by atoms with E-state index in [0.717, 1.165) is 23.1 Å². The van der Waals surface area contributed by atoms with Crippen molar-refractivity contribution in [2.45, 2.75) is 6.36 Å². The number of imide groups is 1. The second-order valence-corrected chi connectivity index (χ2v) is 5.06. The Kier molecular flexibility index (Phi) is 3.52. The lowest BCUT2D eigenvalue weighted by Gasteiger charge is -2.16. The van der Waals surface area contributed by atoms with Crippen molar-refractivity contribution in [3.8, 4) is 5.75 Å². The molecule has 1 aliphatic heterocycles. The number of halogens is 4. The van der Waals surface area contributed by atoms with Crippen LogP contribution < -0.4 is 9.64 Å². The maximum atomic E-state index is 12.3. The van der Waals surface area contributed by atoms with Gasteiger partial charge in [0, 0.05) is 0 Å². The van der Waals surface area contributed by atoms with Crippen LogP contribution in [0.5, 0.6) is 5.75 Å². The highest BCUT2D eigenvalue weighted by Gasteiger charge is 2.37. The summed E-state index contributed by atoms with van der Waals surface area (Å²) in [5.74, 6) is -1.74. The van der Waals surface area contributed by atoms with Crippen LogP contribution >= 0.6 is 11.6 Å². The molecular formula is C15H7ClF3NO3. The van der Waals surface area contributed by atoms with Crippen molar-refractivity contribution in [3.63, 3.8) is 0 Å². The van der Waals surface area contributed by atoms with Crippen LogP contribution in [-0.4, -0.2) is 18.2 Å². The molecule has 0 bridgehead atoms. The van der Waals surface area contributed by atoms with Crippen molar-refractivity contribution in [2.75, 3.05) is 4.90 Å². The number of fused-ring (bicyclic) bond motifs is 1. The highest BCUT2D eigenvalue weighted by Crippen LogP contribution is 2.35. The van der Waals surface area contributed by atoms with Gasteiger partial charge in [0.2, 0.25) is 0 Å². The van der Waals surface area contributed by atoms with Gasteiger partial charge in [0.15, 0.2) is 0 Å². The zero-order valence-corrected chi connectivity index (χ0v) is 12.0. The molecule has 1 aliphatic rings. The van der Waals surface area contributed by atoms with E-state index in [4.69, 9.17) is 11.6 Å². The quantitative estimate of drug-likeness (QED) is 0.774. The van der Waals surface area contributed by atoms with Crippen LogP contribution in [0.25, 0.3) is 0 Å². The smallest absolute Gasteiger partial charge is 0.404 e. The fourth-order valence-electron chi connectivity index (χ4n) is 2.26. The largest absolute Gasteiger partial charge is 0.573 e. The summed E-state index contributed by atoms with van der Waals surface area (Å²) in [4.78, 5) is 25.4. The van der Waals surface area contributed by atoms with Crippen molar-refractivity contribution in [1.82, 2.24) is 0 Å². The van der Waals surface area contributed by atoms with E-state index in [9.17, 15) is 22.8 Å². The molecule has 0 aliphatic carbocycles. The lowest BCUT2D eigenvalue weighted by atomic mass is 10.1. The number of carbonyl (C=O) groups excluding carboxylic acids is 2. The van der Waals surface area contributed by atoms with E-state index >= 15 is 0 Å². The van der Waals surface area contributed by atoms with E-state index < -0.39 is 23.9 Å². The van der Waals surface area contributed by atoms with Gasteiger partial charge in [-0.05, 0) is 30.3 Å². The molecule has 0 spiro atoms. The van der Waals surface area contributed by atoms with E-state index in [1.165, 1.54) is 12.1 Å². The summed E-state index contributed by atoms with van der Waals surface area (Å²) in [7, 11) is 0. The molecule has 2 aromatic rings. The van der Waals surface area contributed by atoms with Gasteiger partial charge < -0.3 is 4.74 Å². The third-order valence-corrected chi connectivity index (χ3v) is 3.49. The van der Waals surface area contributed by atoms with Gasteiger partial charge in [0.25, 0.3) is 11.8 Å². The Balaban J connectivity index is 1.97. The fraction of sp³-hybridized carbons (Fsp3) is 0.0667. The molecule has 0 radical (unpaired) electrons. The van der Waals surface area contributed by atoms with Crippen LogP contribution in [0.2, 0.25) is 5.02 Å². The third-order valence-electron chi connectivity index (χ3n) is 3.19. The molecule has 0 atom stereocenters. The Morgan fingerprint density at radius 1 is 0.957 bits per heavy atom. The predicted octanol–water partition coefficient (Wildman–Crippen LogP) is 4.04. The Labute approximate surface area is 133 Å². The normalized spacial score (nSPS) is 14.2. The van der Waals surface area contributed by atoms with Crippen molar-refractivity contribution in [1.29, 1.82) is 0 Å². The molecule has 2 aromatic carbocycles. The lowest BCUT2D eigenvalue weighted by Crippen LogP contribution is -2.29. The second kappa shape index (κ2) is 5.27. The van der Waals surface area contributed by atoms with E-state index in [0.29, 0.717) is 0 Å². The van der Waals surface area contributed by atoms with Crippen molar-refractivity contribution in [3.05, 3.63) is 58.6 Å². The summed E-state index contributed by atoms with van der Waals surface area (Å²) in [5, 5.41) is -0.364. The van der Waals surface area contributed by atoms with Gasteiger partial charge in [0.05, 0.1) is 21.8 Å². The average molecular weight is 342 g/mol. The Morgan fingerprint density at radius 3 is 2.00 bits per heavy atom. The Morgan fingerprint density at radius 2 is 1.52 bits per heavy atom. The number of nitrogens with zero attached hydrogens (tertiary/aromatic N) is 1. The predicted molar refractivity (Wildman–Crippen MR) is 75.7 cm³/mol. The first-order chi connectivity index (χ1) is 10.8. The minimum Gasteiger partial charge on any atom is -0.404 e. The van der Waals surface area contributed by atoms with Gasteiger partial charge in [0.1, 0.15) is 5.75 Å². The molecule has 118 valence electrons. The number of hydrogen-bond acceptors (Lipinski definition) is 3. The second-order valence-electron chi connectivity index (χ2n) is 4.65. The molecule has 0 N–H and O–H groups in total. The molecule has 23 heavy (non-hydrogen) atoms. The molecule has 0 saturated heterocycles. The molecule has 0 fully saturated rings. The molecule has 0 aromatic heterocycles. The molecule has 8 heteroatoms. The highest BCUT2D eigenvalue weighted by atomic mass is 35.5. The summed E-state index contributed by atoms with van der Waals surface area (Å²) >= 11 is 5.75. The van der Waals surface area contributed by atoms with Crippen LogP contribution in [0, 0.1) is 0 Å². The molecule has 4 nitrogen and oxygen atoms in total. The van der Waals surface area contributed by atoms with E-state index in [1.807, 2.05) is 0 Å². The summed E-state index contributed by atoms with van der Waals surface area (Å²) in [6, 6.07) is 9.41. The summed E-state index contributed by atoms with van der Waals surface area (Å²) in [6.07, 6.45) is -4.89. The SMILES string of the molecule is O=C1c2ccccc2C(=O)N1c1ccc(OC(F)(F)F)c(Cl)c1. The van der Waals surface area contributed by atoms with Gasteiger partial charge in [-0.25, -0.2) is 4.90 Å². The summed E-state index contributed by atoms with van der Waals surface area (Å²) in [6.45, 7) is 0. The first-order valence-corrected chi connectivity index (χ1v) is 6.69. The zero-order valence-electron chi connectivity index (χ0n) is 11.2. The number of anilines is 1. The van der Waals surface area contributed by atoms with Crippen molar-refractivity contribution < 1.29 is 27.5 Å². The maximum Gasteiger partial charge on any atom is 0.573 e. The van der Waals surface area contributed by atoms with Gasteiger partial charge >= 0.3 is 6.36 Å². The van der Waals surface area contributed by atoms with Crippen molar-refractivity contribution in [2.24, 2.45) is 0 Å². The number of ether oxygens (including phenoxy) is 1. The zero-order chi connectivity index (χ0) is 16.8. The van der Waals surface area contributed by atoms with E-state index in [2.05, 4.69) is 4.74 Å². The molecule has 2 amide bonds. The maximum absolute atomic E-state index is 12.3. The number of carbonyl (C=O) groups is 2. The molecule has 1 heterocycles. The van der Waals surface area contributed by atoms with Gasteiger partial charge in [-0.15, -0.1) is 13.2 Å². The fourth-order valence-corrected chi connectivity index (χ4v) is 2.47. The number of amides is 2. The van der Waals surface area contributed by atoms with E-state index in [1.54, 1.807) is 12.1 Å². The standard InChI is InChI=1S/C15H7ClF3NO3/c16-11-7-8(5-6-12(11)23-15(17,18)19)20-13(21)9-3-1-2-4-10(9)14(20)22/h1-7H. The Bertz CT molecular complexity index is 785. The minimum absolute atomic E-state index is 0.0655. The summed E-state index contributed by atoms with van der Waals surface area (Å²) < 4.78 is 40.4. The van der Waals surface area contributed by atoms with Gasteiger partial charge in [-0.1, -0.05) is 23.7 Å². The number of hydrogen-bond donors (Lipinski definition) is 0. The van der Waals surface area contributed by atoms with Crippen LogP contribution in [0.3, 0.4) is 0 Å². The topological polar surface area (TPSA) is 46.6 Å². The number of rotatable bonds is 2. The monoisotopic (exact) mass is 341 g/mol. The number of alkyl halides is 3. The van der Waals surface area contributed by atoms with Crippen LogP contribution in [0.4, 0.5) is 18.9 Å². The van der Waals surface area contributed by atoms with Gasteiger partial charge in [-0.3, -0.25) is 9.59 Å². The van der Waals surface area contributed by atoms with E-state index in [-0.39, 0.29) is 21.8 Å². The van der Waals surface area contributed by atoms with Gasteiger partial charge in [-0.2, -0.15) is 0 Å². The van der Waals surface area contributed by atoms with Crippen LogP contribution in [0.15, 0.2) is 42.5 Å². The first-order valence-electron chi connectivity index (χ1n) is 6.31. The first kappa shape index (κ1) is 15.4. The molecule has 0 saturated carbocycles. The lowest BCUT2D eigenvalue weighted by molar-refractivity contribution is -0.274. The highest BCUT2D eigenvalue weighted by molar-refractivity contribution is 6.36. The molecular weight excluding hydrogens is 335 g/mol. The molecule has 0 unspecified atom stereocenters. The van der Waals surface area contributed by atoms with Crippen LogP contribution in [0.1, 0.15) is 20.7 Å². The average Bonchev–Trinajstić information content (AvgIpc) is 2.73. The Hall–Kier alpha value is -2.54.